The Morgan fingerprint density at radius 1 is 1.67 bits per heavy atom. The van der Waals surface area contributed by atoms with Crippen LogP contribution in [0.2, 0.25) is 0 Å². The highest BCUT2D eigenvalue weighted by molar-refractivity contribution is 5.00. The van der Waals surface area contributed by atoms with E-state index in [1.807, 2.05) is 0 Å². The van der Waals surface area contributed by atoms with Gasteiger partial charge in [-0.2, -0.15) is 0 Å². The second kappa shape index (κ2) is 2.17. The van der Waals surface area contributed by atoms with Gasteiger partial charge in [0.15, 0.2) is 0 Å². The molecule has 9 heavy (non-hydrogen) atoms. The summed E-state index contributed by atoms with van der Waals surface area (Å²) in [6.45, 7) is 6.80. The molecule has 0 heteroatoms. The molecule has 2 unspecified atom stereocenters. The molecule has 0 N–H and O–H groups in total. The van der Waals surface area contributed by atoms with Crippen molar-refractivity contribution in [1.29, 1.82) is 0 Å². The summed E-state index contributed by atoms with van der Waals surface area (Å²) in [4.78, 5) is 0. The predicted octanol–water partition coefficient (Wildman–Crippen LogP) is 3.00. The van der Waals surface area contributed by atoms with E-state index in [9.17, 15) is 0 Å². The topological polar surface area (TPSA) is 0 Å². The molecule has 0 aromatic carbocycles. The molecule has 1 aliphatic rings. The van der Waals surface area contributed by atoms with Crippen LogP contribution in [0.3, 0.4) is 0 Å². The van der Waals surface area contributed by atoms with Crippen LogP contribution in [0.5, 0.6) is 0 Å². The zero-order valence-corrected chi connectivity index (χ0v) is 6.65. The van der Waals surface area contributed by atoms with Crippen LogP contribution in [-0.4, -0.2) is 0 Å². The van der Waals surface area contributed by atoms with Crippen LogP contribution < -0.4 is 0 Å². The Kier molecular flexibility index (Phi) is 1.65. The molecule has 0 radical (unpaired) electrons. The van der Waals surface area contributed by atoms with Gasteiger partial charge in [-0.3, -0.25) is 0 Å². The molecule has 0 heterocycles. The van der Waals surface area contributed by atoms with Crippen LogP contribution in [-0.2, 0) is 0 Å². The van der Waals surface area contributed by atoms with Crippen molar-refractivity contribution >= 4 is 0 Å². The molecule has 1 rings (SSSR count). The normalized spacial score (nSPS) is 41.9. The molecule has 0 bridgehead atoms. The Labute approximate surface area is 58.0 Å². The zero-order valence-electron chi connectivity index (χ0n) is 6.65. The summed E-state index contributed by atoms with van der Waals surface area (Å²) in [5, 5.41) is 0. The van der Waals surface area contributed by atoms with Gasteiger partial charge in [-0.25, -0.2) is 0 Å². The van der Waals surface area contributed by atoms with Crippen molar-refractivity contribution in [3.05, 3.63) is 12.2 Å². The van der Waals surface area contributed by atoms with Crippen molar-refractivity contribution < 1.29 is 0 Å². The first-order chi connectivity index (χ1) is 4.19. The van der Waals surface area contributed by atoms with Gasteiger partial charge < -0.3 is 0 Å². The molecule has 0 nitrogen and oxygen atoms in total. The fourth-order valence-corrected chi connectivity index (χ4v) is 1.31. The van der Waals surface area contributed by atoms with Crippen molar-refractivity contribution in [2.45, 2.75) is 33.6 Å². The summed E-state index contributed by atoms with van der Waals surface area (Å²) < 4.78 is 0. The molecule has 52 valence electrons. The van der Waals surface area contributed by atoms with Gasteiger partial charge in [0, 0.05) is 0 Å². The SMILES string of the molecule is CC=CCC1(C)CC1C. The first-order valence-electron chi connectivity index (χ1n) is 3.80. The van der Waals surface area contributed by atoms with Gasteiger partial charge in [-0.15, -0.1) is 0 Å². The van der Waals surface area contributed by atoms with Crippen molar-refractivity contribution in [3.8, 4) is 0 Å². The Morgan fingerprint density at radius 3 is 2.56 bits per heavy atom. The molecule has 1 fully saturated rings. The van der Waals surface area contributed by atoms with Gasteiger partial charge in [0.25, 0.3) is 0 Å². The fraction of sp³-hybridized carbons (Fsp3) is 0.778. The summed E-state index contributed by atoms with van der Waals surface area (Å²) >= 11 is 0. The molecule has 2 atom stereocenters. The lowest BCUT2D eigenvalue weighted by atomic mass is 10.0. The number of hydrogen-bond donors (Lipinski definition) is 0. The summed E-state index contributed by atoms with van der Waals surface area (Å²) in [7, 11) is 0. The summed E-state index contributed by atoms with van der Waals surface area (Å²) in [5.41, 5.74) is 0.673. The predicted molar refractivity (Wildman–Crippen MR) is 41.3 cm³/mol. The van der Waals surface area contributed by atoms with Crippen LogP contribution in [0, 0.1) is 11.3 Å². The molecule has 0 aliphatic heterocycles. The first-order valence-corrected chi connectivity index (χ1v) is 3.80. The van der Waals surface area contributed by atoms with Crippen LogP contribution in [0.4, 0.5) is 0 Å². The molecule has 1 aliphatic carbocycles. The van der Waals surface area contributed by atoms with E-state index in [0.29, 0.717) is 5.41 Å². The second-order valence-corrected chi connectivity index (χ2v) is 3.53. The van der Waals surface area contributed by atoms with Crippen LogP contribution in [0.15, 0.2) is 12.2 Å². The highest BCUT2D eigenvalue weighted by Gasteiger charge is 2.44. The minimum Gasteiger partial charge on any atom is -0.0916 e. The first kappa shape index (κ1) is 6.85. The van der Waals surface area contributed by atoms with Gasteiger partial charge >= 0.3 is 0 Å². The van der Waals surface area contributed by atoms with E-state index in [4.69, 9.17) is 0 Å². The maximum absolute atomic E-state index is 2.37. The van der Waals surface area contributed by atoms with Gasteiger partial charge in [-0.1, -0.05) is 26.0 Å². The van der Waals surface area contributed by atoms with E-state index in [2.05, 4.69) is 32.9 Å². The van der Waals surface area contributed by atoms with Crippen LogP contribution >= 0.6 is 0 Å². The third-order valence-corrected chi connectivity index (χ3v) is 2.62. The van der Waals surface area contributed by atoms with E-state index >= 15 is 0 Å². The molecule has 0 aromatic heterocycles. The number of allylic oxidation sites excluding steroid dienone is 2. The van der Waals surface area contributed by atoms with E-state index in [1.165, 1.54) is 12.8 Å². The Balaban J connectivity index is 2.29. The molecule has 0 spiro atoms. The summed E-state index contributed by atoms with van der Waals surface area (Å²) in [5.74, 6) is 0.966. The summed E-state index contributed by atoms with van der Waals surface area (Å²) in [6.07, 6.45) is 7.14. The lowest BCUT2D eigenvalue weighted by Crippen LogP contribution is -1.92. The number of rotatable bonds is 2. The Hall–Kier alpha value is -0.260. The molecule has 1 saturated carbocycles. The summed E-state index contributed by atoms with van der Waals surface area (Å²) in [6, 6.07) is 0. The second-order valence-electron chi connectivity index (χ2n) is 3.53. The third kappa shape index (κ3) is 1.35. The lowest BCUT2D eigenvalue weighted by Gasteiger charge is -2.02. The van der Waals surface area contributed by atoms with E-state index in [-0.39, 0.29) is 0 Å². The van der Waals surface area contributed by atoms with Crippen LogP contribution in [0.1, 0.15) is 33.6 Å². The number of hydrogen-bond acceptors (Lipinski definition) is 0. The molecule has 0 saturated heterocycles. The van der Waals surface area contributed by atoms with Crippen LogP contribution in [0.25, 0.3) is 0 Å². The zero-order chi connectivity index (χ0) is 6.91. The fourth-order valence-electron chi connectivity index (χ4n) is 1.31. The molecule has 0 amide bonds. The minimum absolute atomic E-state index is 0.673. The van der Waals surface area contributed by atoms with Gasteiger partial charge in [0.1, 0.15) is 0 Å². The van der Waals surface area contributed by atoms with Gasteiger partial charge in [0.2, 0.25) is 0 Å². The Bertz CT molecular complexity index is 124. The third-order valence-electron chi connectivity index (χ3n) is 2.62. The van der Waals surface area contributed by atoms with Crippen molar-refractivity contribution in [1.82, 2.24) is 0 Å². The smallest absolute Gasteiger partial charge is 0.0263 e. The quantitative estimate of drug-likeness (QED) is 0.496. The lowest BCUT2D eigenvalue weighted by molar-refractivity contribution is 0.529. The molecular formula is C9H16. The standard InChI is InChI=1S/C9H16/c1-4-5-6-9(3)7-8(9)2/h4-5,8H,6-7H2,1-3H3. The average Bonchev–Trinajstić information content (AvgIpc) is 2.38. The van der Waals surface area contributed by atoms with Crippen molar-refractivity contribution in [2.24, 2.45) is 11.3 Å². The van der Waals surface area contributed by atoms with Gasteiger partial charge in [0.05, 0.1) is 0 Å². The minimum atomic E-state index is 0.673. The van der Waals surface area contributed by atoms with Crippen molar-refractivity contribution in [3.63, 3.8) is 0 Å². The molecular weight excluding hydrogens is 108 g/mol. The van der Waals surface area contributed by atoms with Crippen molar-refractivity contribution in [2.75, 3.05) is 0 Å². The highest BCUT2D eigenvalue weighted by atomic mass is 14.5. The average molecular weight is 124 g/mol. The maximum Gasteiger partial charge on any atom is -0.0263 e. The monoisotopic (exact) mass is 124 g/mol. The maximum atomic E-state index is 2.37. The largest absolute Gasteiger partial charge is 0.0916 e. The molecule has 0 aromatic rings. The Morgan fingerprint density at radius 2 is 2.22 bits per heavy atom. The highest BCUT2D eigenvalue weighted by Crippen LogP contribution is 2.54. The van der Waals surface area contributed by atoms with Gasteiger partial charge in [-0.05, 0) is 31.1 Å². The van der Waals surface area contributed by atoms with E-state index < -0.39 is 0 Å². The van der Waals surface area contributed by atoms with E-state index in [0.717, 1.165) is 5.92 Å². The van der Waals surface area contributed by atoms with E-state index in [1.54, 1.807) is 0 Å².